The third-order valence-electron chi connectivity index (χ3n) is 3.75. The molecule has 0 spiro atoms. The van der Waals surface area contributed by atoms with Gasteiger partial charge >= 0.3 is 0 Å². The van der Waals surface area contributed by atoms with Crippen LogP contribution in [0.3, 0.4) is 0 Å². The van der Waals surface area contributed by atoms with Gasteiger partial charge in [-0.05, 0) is 50.5 Å². The standard InChI is InChI=1S/C18H20O2/c1-11-6-8-15(13(3)10-11)17(19)16-9-7-12(2)14(4)18(16)20-5/h6-10H,1-5H3. The molecule has 2 nitrogen and oxygen atoms in total. The highest BCUT2D eigenvalue weighted by molar-refractivity contribution is 6.11. The second-order valence-corrected chi connectivity index (χ2v) is 5.24. The first kappa shape index (κ1) is 14.3. The van der Waals surface area contributed by atoms with E-state index >= 15 is 0 Å². The first-order chi connectivity index (χ1) is 9.45. The van der Waals surface area contributed by atoms with E-state index in [1.165, 1.54) is 0 Å². The topological polar surface area (TPSA) is 26.3 Å². The van der Waals surface area contributed by atoms with Crippen LogP contribution >= 0.6 is 0 Å². The summed E-state index contributed by atoms with van der Waals surface area (Å²) < 4.78 is 5.44. The molecule has 20 heavy (non-hydrogen) atoms. The Morgan fingerprint density at radius 2 is 1.55 bits per heavy atom. The largest absolute Gasteiger partial charge is 0.496 e. The normalized spacial score (nSPS) is 10.4. The molecule has 0 radical (unpaired) electrons. The molecule has 0 fully saturated rings. The van der Waals surface area contributed by atoms with Gasteiger partial charge in [-0.3, -0.25) is 4.79 Å². The molecule has 0 aliphatic carbocycles. The molecule has 104 valence electrons. The van der Waals surface area contributed by atoms with Gasteiger partial charge in [0.2, 0.25) is 0 Å². The minimum atomic E-state index is 0.0162. The Balaban J connectivity index is 2.56. The van der Waals surface area contributed by atoms with E-state index in [-0.39, 0.29) is 5.78 Å². The maximum atomic E-state index is 12.7. The van der Waals surface area contributed by atoms with E-state index in [1.54, 1.807) is 7.11 Å². The molecule has 0 saturated heterocycles. The zero-order valence-electron chi connectivity index (χ0n) is 12.7. The van der Waals surface area contributed by atoms with Crippen LogP contribution in [0.1, 0.15) is 38.2 Å². The van der Waals surface area contributed by atoms with Crippen molar-refractivity contribution in [3.8, 4) is 5.75 Å². The van der Waals surface area contributed by atoms with Crippen LogP contribution in [-0.2, 0) is 0 Å². The van der Waals surface area contributed by atoms with Crippen molar-refractivity contribution in [3.63, 3.8) is 0 Å². The Hall–Kier alpha value is -2.09. The highest BCUT2D eigenvalue weighted by Gasteiger charge is 2.18. The predicted octanol–water partition coefficient (Wildman–Crippen LogP) is 4.16. The Bertz CT molecular complexity index is 669. The second kappa shape index (κ2) is 5.49. The molecule has 0 saturated carbocycles. The molecule has 0 aromatic heterocycles. The fraction of sp³-hybridized carbons (Fsp3) is 0.278. The van der Waals surface area contributed by atoms with Gasteiger partial charge in [0.15, 0.2) is 5.78 Å². The van der Waals surface area contributed by atoms with Crippen LogP contribution < -0.4 is 4.74 Å². The number of hydrogen-bond donors (Lipinski definition) is 0. The van der Waals surface area contributed by atoms with Crippen molar-refractivity contribution in [2.24, 2.45) is 0 Å². The third-order valence-corrected chi connectivity index (χ3v) is 3.75. The van der Waals surface area contributed by atoms with Gasteiger partial charge in [0, 0.05) is 5.56 Å². The minimum absolute atomic E-state index is 0.0162. The Kier molecular flexibility index (Phi) is 3.93. The van der Waals surface area contributed by atoms with Crippen LogP contribution in [0.15, 0.2) is 30.3 Å². The van der Waals surface area contributed by atoms with E-state index in [4.69, 9.17) is 4.74 Å². The fourth-order valence-corrected chi connectivity index (χ4v) is 2.45. The van der Waals surface area contributed by atoms with Gasteiger partial charge in [0.25, 0.3) is 0 Å². The lowest BCUT2D eigenvalue weighted by Gasteiger charge is -2.14. The highest BCUT2D eigenvalue weighted by atomic mass is 16.5. The molecule has 0 amide bonds. The van der Waals surface area contributed by atoms with Crippen molar-refractivity contribution in [1.82, 2.24) is 0 Å². The summed E-state index contributed by atoms with van der Waals surface area (Å²) in [6, 6.07) is 9.70. The van der Waals surface area contributed by atoms with E-state index in [0.717, 1.165) is 27.8 Å². The molecule has 2 heteroatoms. The summed E-state index contributed by atoms with van der Waals surface area (Å²) in [6.07, 6.45) is 0. The lowest BCUT2D eigenvalue weighted by atomic mass is 9.94. The van der Waals surface area contributed by atoms with Crippen LogP contribution in [0.5, 0.6) is 5.75 Å². The number of rotatable bonds is 3. The lowest BCUT2D eigenvalue weighted by molar-refractivity contribution is 0.103. The molecular formula is C18H20O2. The summed E-state index contributed by atoms with van der Waals surface area (Å²) >= 11 is 0. The highest BCUT2D eigenvalue weighted by Crippen LogP contribution is 2.29. The van der Waals surface area contributed by atoms with Crippen molar-refractivity contribution in [1.29, 1.82) is 0 Å². The lowest BCUT2D eigenvalue weighted by Crippen LogP contribution is -2.07. The van der Waals surface area contributed by atoms with Crippen LogP contribution in [0.25, 0.3) is 0 Å². The number of carbonyl (C=O) groups excluding carboxylic acids is 1. The summed E-state index contributed by atoms with van der Waals surface area (Å²) in [7, 11) is 1.61. The predicted molar refractivity (Wildman–Crippen MR) is 81.8 cm³/mol. The first-order valence-corrected chi connectivity index (χ1v) is 6.72. The van der Waals surface area contributed by atoms with Crippen molar-refractivity contribution >= 4 is 5.78 Å². The van der Waals surface area contributed by atoms with Crippen molar-refractivity contribution in [2.45, 2.75) is 27.7 Å². The molecule has 2 aromatic carbocycles. The molecular weight excluding hydrogens is 248 g/mol. The molecule has 2 aromatic rings. The van der Waals surface area contributed by atoms with Gasteiger partial charge < -0.3 is 4.74 Å². The summed E-state index contributed by atoms with van der Waals surface area (Å²) in [5, 5.41) is 0. The number of ether oxygens (including phenoxy) is 1. The first-order valence-electron chi connectivity index (χ1n) is 6.72. The molecule has 0 N–H and O–H groups in total. The number of ketones is 1. The Morgan fingerprint density at radius 3 is 2.15 bits per heavy atom. The van der Waals surface area contributed by atoms with E-state index in [0.29, 0.717) is 11.3 Å². The van der Waals surface area contributed by atoms with Gasteiger partial charge in [-0.15, -0.1) is 0 Å². The number of aryl methyl sites for hydroxylation is 3. The van der Waals surface area contributed by atoms with Crippen LogP contribution in [0.2, 0.25) is 0 Å². The van der Waals surface area contributed by atoms with Gasteiger partial charge in [-0.2, -0.15) is 0 Å². The van der Waals surface area contributed by atoms with E-state index in [9.17, 15) is 4.79 Å². The molecule has 0 bridgehead atoms. The van der Waals surface area contributed by atoms with Crippen LogP contribution in [0.4, 0.5) is 0 Å². The van der Waals surface area contributed by atoms with E-state index < -0.39 is 0 Å². The zero-order valence-corrected chi connectivity index (χ0v) is 12.7. The summed E-state index contributed by atoms with van der Waals surface area (Å²) in [4.78, 5) is 12.7. The molecule has 0 aliphatic heterocycles. The van der Waals surface area contributed by atoms with Gasteiger partial charge in [0.05, 0.1) is 12.7 Å². The maximum Gasteiger partial charge on any atom is 0.197 e. The molecule has 0 aliphatic rings. The zero-order chi connectivity index (χ0) is 14.9. The van der Waals surface area contributed by atoms with Gasteiger partial charge in [-0.25, -0.2) is 0 Å². The SMILES string of the molecule is COc1c(C(=O)c2ccc(C)cc2C)ccc(C)c1C. The van der Waals surface area contributed by atoms with E-state index in [1.807, 2.05) is 58.0 Å². The van der Waals surface area contributed by atoms with E-state index in [2.05, 4.69) is 0 Å². The van der Waals surface area contributed by atoms with Crippen LogP contribution in [0, 0.1) is 27.7 Å². The smallest absolute Gasteiger partial charge is 0.197 e. The van der Waals surface area contributed by atoms with Crippen molar-refractivity contribution in [3.05, 3.63) is 63.7 Å². The fourth-order valence-electron chi connectivity index (χ4n) is 2.45. The number of benzene rings is 2. The molecule has 0 heterocycles. The third kappa shape index (κ3) is 2.46. The van der Waals surface area contributed by atoms with Crippen LogP contribution in [-0.4, -0.2) is 12.9 Å². The number of methoxy groups -OCH3 is 1. The monoisotopic (exact) mass is 268 g/mol. The summed E-state index contributed by atoms with van der Waals surface area (Å²) in [5.41, 5.74) is 5.66. The van der Waals surface area contributed by atoms with Crippen molar-refractivity contribution in [2.75, 3.05) is 7.11 Å². The second-order valence-electron chi connectivity index (χ2n) is 5.24. The summed E-state index contributed by atoms with van der Waals surface area (Å²) in [6.45, 7) is 7.99. The molecule has 0 atom stereocenters. The molecule has 2 rings (SSSR count). The van der Waals surface area contributed by atoms with Gasteiger partial charge in [0.1, 0.15) is 5.75 Å². The average Bonchev–Trinajstić information content (AvgIpc) is 2.41. The Morgan fingerprint density at radius 1 is 0.900 bits per heavy atom. The number of carbonyl (C=O) groups is 1. The Labute approximate surface area is 120 Å². The quantitative estimate of drug-likeness (QED) is 0.781. The number of hydrogen-bond acceptors (Lipinski definition) is 2. The van der Waals surface area contributed by atoms with Gasteiger partial charge in [-0.1, -0.05) is 29.8 Å². The van der Waals surface area contributed by atoms with Crippen molar-refractivity contribution < 1.29 is 9.53 Å². The average molecular weight is 268 g/mol. The summed E-state index contributed by atoms with van der Waals surface area (Å²) in [5.74, 6) is 0.692. The molecule has 0 unspecified atom stereocenters. The minimum Gasteiger partial charge on any atom is -0.496 e. The maximum absolute atomic E-state index is 12.7.